The number of nitrogens with two attached hydrogens (primary N) is 1. The van der Waals surface area contributed by atoms with Crippen molar-refractivity contribution in [1.29, 1.82) is 0 Å². The largest absolute Gasteiger partial charge is 0.380 e. The summed E-state index contributed by atoms with van der Waals surface area (Å²) in [4.78, 5) is 18.3. The van der Waals surface area contributed by atoms with Gasteiger partial charge in [-0.05, 0) is 13.8 Å². The molecule has 1 rings (SSSR count). The number of thiazole rings is 1. The highest BCUT2D eigenvalue weighted by atomic mass is 32.1. The summed E-state index contributed by atoms with van der Waals surface area (Å²) in [5.41, 5.74) is 5.97. The van der Waals surface area contributed by atoms with Crippen molar-refractivity contribution in [2.24, 2.45) is 5.73 Å². The van der Waals surface area contributed by atoms with Crippen LogP contribution in [0.25, 0.3) is 0 Å². The predicted molar refractivity (Wildman–Crippen MR) is 78.9 cm³/mol. The van der Waals surface area contributed by atoms with Gasteiger partial charge in [-0.1, -0.05) is 0 Å². The Labute approximate surface area is 123 Å². The molecule has 1 aromatic heterocycles. The van der Waals surface area contributed by atoms with Gasteiger partial charge in [0.15, 0.2) is 0 Å². The fourth-order valence-electron chi connectivity index (χ4n) is 1.62. The zero-order valence-corrected chi connectivity index (χ0v) is 12.9. The average molecular weight is 301 g/mol. The van der Waals surface area contributed by atoms with Crippen molar-refractivity contribution in [2.75, 3.05) is 39.5 Å². The van der Waals surface area contributed by atoms with E-state index >= 15 is 0 Å². The zero-order valence-electron chi connectivity index (χ0n) is 12.1. The standard InChI is InChI=1S/C13H23N3O3S/c1-3-18-7-5-16(6-8-19-4-2)13(17)11-10-20-12(9-14)15-11/h10H,3-9,14H2,1-2H3. The molecule has 0 saturated heterocycles. The lowest BCUT2D eigenvalue weighted by Gasteiger charge is -2.21. The van der Waals surface area contributed by atoms with Gasteiger partial charge in [0, 0.05) is 38.2 Å². The highest BCUT2D eigenvalue weighted by molar-refractivity contribution is 7.09. The van der Waals surface area contributed by atoms with E-state index in [1.54, 1.807) is 10.3 Å². The Hall–Kier alpha value is -1.02. The fraction of sp³-hybridized carbons (Fsp3) is 0.692. The minimum Gasteiger partial charge on any atom is -0.380 e. The van der Waals surface area contributed by atoms with Crippen molar-refractivity contribution in [1.82, 2.24) is 9.88 Å². The maximum absolute atomic E-state index is 12.4. The topological polar surface area (TPSA) is 77.7 Å². The number of carbonyl (C=O) groups excluding carboxylic acids is 1. The van der Waals surface area contributed by atoms with E-state index in [4.69, 9.17) is 15.2 Å². The molecule has 0 atom stereocenters. The molecule has 0 fully saturated rings. The van der Waals surface area contributed by atoms with E-state index in [2.05, 4.69) is 4.98 Å². The van der Waals surface area contributed by atoms with Crippen LogP contribution in [-0.2, 0) is 16.0 Å². The Bertz CT molecular complexity index is 388. The second-order valence-corrected chi connectivity index (χ2v) is 4.96. The van der Waals surface area contributed by atoms with Crippen molar-refractivity contribution in [3.8, 4) is 0 Å². The van der Waals surface area contributed by atoms with E-state index in [9.17, 15) is 4.79 Å². The number of rotatable bonds is 10. The maximum atomic E-state index is 12.4. The molecule has 0 unspecified atom stereocenters. The normalized spacial score (nSPS) is 10.8. The van der Waals surface area contributed by atoms with E-state index < -0.39 is 0 Å². The van der Waals surface area contributed by atoms with Crippen LogP contribution in [0.2, 0.25) is 0 Å². The number of aromatic nitrogens is 1. The first-order chi connectivity index (χ1) is 9.72. The second kappa shape index (κ2) is 9.82. The third-order valence-electron chi connectivity index (χ3n) is 2.65. The van der Waals surface area contributed by atoms with Gasteiger partial charge < -0.3 is 20.1 Å². The Kier molecular flexibility index (Phi) is 8.36. The van der Waals surface area contributed by atoms with Crippen LogP contribution >= 0.6 is 11.3 Å². The molecule has 0 saturated carbocycles. The summed E-state index contributed by atoms with van der Waals surface area (Å²) < 4.78 is 10.6. The minimum absolute atomic E-state index is 0.0969. The Morgan fingerprint density at radius 2 is 1.90 bits per heavy atom. The molecule has 114 valence electrons. The lowest BCUT2D eigenvalue weighted by atomic mass is 10.3. The quantitative estimate of drug-likeness (QED) is 0.655. The molecule has 0 aliphatic heterocycles. The molecule has 0 aliphatic rings. The molecule has 0 aromatic carbocycles. The van der Waals surface area contributed by atoms with Crippen LogP contribution in [0.4, 0.5) is 0 Å². The molecule has 0 aliphatic carbocycles. The molecule has 1 aromatic rings. The van der Waals surface area contributed by atoms with Crippen molar-refractivity contribution in [2.45, 2.75) is 20.4 Å². The molecule has 1 heterocycles. The van der Waals surface area contributed by atoms with Gasteiger partial charge in [0.1, 0.15) is 10.7 Å². The summed E-state index contributed by atoms with van der Waals surface area (Å²) in [6.07, 6.45) is 0. The van der Waals surface area contributed by atoms with Crippen molar-refractivity contribution < 1.29 is 14.3 Å². The summed E-state index contributed by atoms with van der Waals surface area (Å²) in [7, 11) is 0. The van der Waals surface area contributed by atoms with Gasteiger partial charge in [-0.3, -0.25) is 4.79 Å². The summed E-state index contributed by atoms with van der Waals surface area (Å²) in [5, 5.41) is 2.52. The minimum atomic E-state index is -0.0969. The van der Waals surface area contributed by atoms with Gasteiger partial charge in [-0.15, -0.1) is 11.3 Å². The van der Waals surface area contributed by atoms with E-state index in [-0.39, 0.29) is 5.91 Å². The first-order valence-electron chi connectivity index (χ1n) is 6.82. The van der Waals surface area contributed by atoms with Crippen LogP contribution in [0.1, 0.15) is 29.3 Å². The van der Waals surface area contributed by atoms with Gasteiger partial charge >= 0.3 is 0 Å². The lowest BCUT2D eigenvalue weighted by molar-refractivity contribution is 0.0546. The Morgan fingerprint density at radius 3 is 2.35 bits per heavy atom. The number of carbonyl (C=O) groups is 1. The third kappa shape index (κ3) is 5.54. The SMILES string of the molecule is CCOCCN(CCOCC)C(=O)c1csc(CN)n1. The molecule has 6 nitrogen and oxygen atoms in total. The number of hydrogen-bond acceptors (Lipinski definition) is 6. The number of nitrogens with zero attached hydrogens (tertiary/aromatic N) is 2. The van der Waals surface area contributed by atoms with Gasteiger partial charge in [-0.25, -0.2) is 4.98 Å². The lowest BCUT2D eigenvalue weighted by Crippen LogP contribution is -2.37. The fourth-order valence-corrected chi connectivity index (χ4v) is 2.27. The van der Waals surface area contributed by atoms with Crippen LogP contribution in [0.15, 0.2) is 5.38 Å². The van der Waals surface area contributed by atoms with Gasteiger partial charge in [0.05, 0.1) is 13.2 Å². The number of ether oxygens (including phenoxy) is 2. The molecule has 7 heteroatoms. The molecule has 0 radical (unpaired) electrons. The smallest absolute Gasteiger partial charge is 0.273 e. The monoisotopic (exact) mass is 301 g/mol. The molecule has 2 N–H and O–H groups in total. The van der Waals surface area contributed by atoms with Crippen LogP contribution in [-0.4, -0.2) is 55.3 Å². The zero-order chi connectivity index (χ0) is 14.8. The average Bonchev–Trinajstić information content (AvgIpc) is 2.94. The molecular weight excluding hydrogens is 278 g/mol. The Morgan fingerprint density at radius 1 is 1.30 bits per heavy atom. The van der Waals surface area contributed by atoms with Crippen LogP contribution in [0.3, 0.4) is 0 Å². The maximum Gasteiger partial charge on any atom is 0.273 e. The molecular formula is C13H23N3O3S. The van der Waals surface area contributed by atoms with Gasteiger partial charge in [-0.2, -0.15) is 0 Å². The summed E-state index contributed by atoms with van der Waals surface area (Å²) in [6, 6.07) is 0. The molecule has 1 amide bonds. The highest BCUT2D eigenvalue weighted by Gasteiger charge is 2.18. The predicted octanol–water partition coefficient (Wildman–Crippen LogP) is 1.12. The van der Waals surface area contributed by atoms with Crippen LogP contribution in [0, 0.1) is 0 Å². The summed E-state index contributed by atoms with van der Waals surface area (Å²) in [5.74, 6) is -0.0969. The summed E-state index contributed by atoms with van der Waals surface area (Å²) >= 11 is 1.41. The number of amides is 1. The first-order valence-corrected chi connectivity index (χ1v) is 7.70. The van der Waals surface area contributed by atoms with Gasteiger partial charge in [0.2, 0.25) is 0 Å². The second-order valence-electron chi connectivity index (χ2n) is 4.02. The van der Waals surface area contributed by atoms with E-state index in [0.717, 1.165) is 5.01 Å². The highest BCUT2D eigenvalue weighted by Crippen LogP contribution is 2.11. The van der Waals surface area contributed by atoms with Crippen LogP contribution in [0.5, 0.6) is 0 Å². The van der Waals surface area contributed by atoms with Gasteiger partial charge in [0.25, 0.3) is 5.91 Å². The van der Waals surface area contributed by atoms with E-state index in [0.29, 0.717) is 51.8 Å². The Balaban J connectivity index is 2.61. The molecule has 0 spiro atoms. The van der Waals surface area contributed by atoms with Crippen molar-refractivity contribution in [3.63, 3.8) is 0 Å². The third-order valence-corrected chi connectivity index (χ3v) is 3.52. The van der Waals surface area contributed by atoms with E-state index in [1.165, 1.54) is 11.3 Å². The van der Waals surface area contributed by atoms with Crippen molar-refractivity contribution >= 4 is 17.2 Å². The van der Waals surface area contributed by atoms with Crippen LogP contribution < -0.4 is 5.73 Å². The first kappa shape index (κ1) is 17.0. The number of hydrogen-bond donors (Lipinski definition) is 1. The summed E-state index contributed by atoms with van der Waals surface area (Å²) in [6.45, 7) is 7.61. The molecule has 20 heavy (non-hydrogen) atoms. The van der Waals surface area contributed by atoms with Crippen molar-refractivity contribution in [3.05, 3.63) is 16.1 Å². The van der Waals surface area contributed by atoms with E-state index in [1.807, 2.05) is 13.8 Å². The molecule has 0 bridgehead atoms.